The first-order valence-electron chi connectivity index (χ1n) is 5.78. The molecule has 1 atom stereocenters. The number of carbonyl (C=O) groups is 1. The maximum absolute atomic E-state index is 11.1. The molecule has 5 heteroatoms. The molecule has 0 saturated heterocycles. The van der Waals surface area contributed by atoms with Crippen molar-refractivity contribution in [3.05, 3.63) is 41.4 Å². The van der Waals surface area contributed by atoms with E-state index in [2.05, 4.69) is 10.2 Å². The van der Waals surface area contributed by atoms with E-state index < -0.39 is 0 Å². The number of amides is 1. The van der Waals surface area contributed by atoms with Crippen LogP contribution in [0, 0.1) is 0 Å². The molecule has 0 radical (unpaired) electrons. The third-order valence-electron chi connectivity index (χ3n) is 2.68. The van der Waals surface area contributed by atoms with E-state index in [1.165, 1.54) is 12.5 Å². The molecule has 1 aromatic carbocycles. The van der Waals surface area contributed by atoms with Crippen LogP contribution >= 0.6 is 11.8 Å². The van der Waals surface area contributed by atoms with Crippen molar-refractivity contribution < 1.29 is 9.90 Å². The number of carbonyl (C=O) groups excluding carboxylic acids is 1. The van der Waals surface area contributed by atoms with Gasteiger partial charge in [-0.2, -0.15) is 0 Å². The maximum Gasteiger partial charge on any atom is 0.219 e. The number of nitrogens with zero attached hydrogens (tertiary/aromatic N) is 1. The molecule has 2 rings (SSSR count). The van der Waals surface area contributed by atoms with Crippen molar-refractivity contribution in [2.45, 2.75) is 18.8 Å². The van der Waals surface area contributed by atoms with Crippen molar-refractivity contribution >= 4 is 17.7 Å². The first kappa shape index (κ1) is 12.8. The van der Waals surface area contributed by atoms with Gasteiger partial charge in [-0.25, -0.2) is 0 Å². The summed E-state index contributed by atoms with van der Waals surface area (Å²) < 4.78 is 0. The molecule has 1 aliphatic rings. The van der Waals surface area contributed by atoms with E-state index in [4.69, 9.17) is 0 Å². The van der Waals surface area contributed by atoms with Crippen molar-refractivity contribution in [1.82, 2.24) is 10.2 Å². The molecule has 1 unspecified atom stereocenters. The molecule has 0 bridgehead atoms. The van der Waals surface area contributed by atoms with Gasteiger partial charge in [0.2, 0.25) is 5.91 Å². The van der Waals surface area contributed by atoms with Crippen LogP contribution in [0.3, 0.4) is 0 Å². The summed E-state index contributed by atoms with van der Waals surface area (Å²) in [6.07, 6.45) is 2.87. The average molecular weight is 264 g/mol. The summed E-state index contributed by atoms with van der Waals surface area (Å²) in [6, 6.07) is 7.20. The third kappa shape index (κ3) is 3.43. The van der Waals surface area contributed by atoms with Gasteiger partial charge >= 0.3 is 0 Å². The summed E-state index contributed by atoms with van der Waals surface area (Å²) in [7, 11) is 0. The van der Waals surface area contributed by atoms with Crippen LogP contribution < -0.4 is 5.32 Å². The van der Waals surface area contributed by atoms with E-state index in [-0.39, 0.29) is 17.2 Å². The molecule has 1 amide bonds. The molecule has 1 heterocycles. The Labute approximate surface area is 111 Å². The molecular formula is C13H16N2O2S. The van der Waals surface area contributed by atoms with Crippen molar-refractivity contribution in [1.29, 1.82) is 0 Å². The Morgan fingerprint density at radius 3 is 2.83 bits per heavy atom. The molecule has 0 spiro atoms. The smallest absolute Gasteiger partial charge is 0.219 e. The predicted octanol–water partition coefficient (Wildman–Crippen LogP) is 1.87. The standard InChI is InChI=1S/C13H16N2O2S/c1-10(16)14-13-15(8-9-18-13)7-6-11-2-4-12(17)5-3-11/h2-5,8-9,13,17H,6-7H2,1H3,(H,14,16). The van der Waals surface area contributed by atoms with Gasteiger partial charge in [0, 0.05) is 19.7 Å². The highest BCUT2D eigenvalue weighted by Crippen LogP contribution is 2.23. The lowest BCUT2D eigenvalue weighted by Gasteiger charge is -2.25. The van der Waals surface area contributed by atoms with Crippen LogP contribution in [0.1, 0.15) is 12.5 Å². The van der Waals surface area contributed by atoms with Crippen molar-refractivity contribution in [2.75, 3.05) is 6.54 Å². The van der Waals surface area contributed by atoms with Gasteiger partial charge in [0.15, 0.2) is 5.50 Å². The van der Waals surface area contributed by atoms with Crippen molar-refractivity contribution in [3.63, 3.8) is 0 Å². The fourth-order valence-corrected chi connectivity index (χ4v) is 2.69. The number of hydrogen-bond donors (Lipinski definition) is 2. The Balaban J connectivity index is 1.87. The van der Waals surface area contributed by atoms with Crippen LogP contribution in [0.15, 0.2) is 35.9 Å². The van der Waals surface area contributed by atoms with Gasteiger partial charge in [0.1, 0.15) is 5.75 Å². The molecule has 1 aromatic rings. The van der Waals surface area contributed by atoms with Gasteiger partial charge in [-0.15, -0.1) is 0 Å². The van der Waals surface area contributed by atoms with Crippen LogP contribution in [0.4, 0.5) is 0 Å². The molecule has 4 nitrogen and oxygen atoms in total. The average Bonchev–Trinajstić information content (AvgIpc) is 2.75. The number of benzene rings is 1. The molecule has 0 aliphatic carbocycles. The van der Waals surface area contributed by atoms with Crippen LogP contribution in [0.25, 0.3) is 0 Å². The Morgan fingerprint density at radius 1 is 1.44 bits per heavy atom. The Kier molecular flexibility index (Phi) is 4.15. The lowest BCUT2D eigenvalue weighted by molar-refractivity contribution is -0.119. The minimum atomic E-state index is -0.0224. The largest absolute Gasteiger partial charge is 0.508 e. The van der Waals surface area contributed by atoms with Crippen LogP contribution in [-0.4, -0.2) is 28.0 Å². The van der Waals surface area contributed by atoms with E-state index in [0.29, 0.717) is 0 Å². The fraction of sp³-hybridized carbons (Fsp3) is 0.308. The van der Waals surface area contributed by atoms with Gasteiger partial charge < -0.3 is 15.3 Å². The zero-order valence-corrected chi connectivity index (χ0v) is 11.0. The fourth-order valence-electron chi connectivity index (χ4n) is 1.75. The summed E-state index contributed by atoms with van der Waals surface area (Å²) in [5.41, 5.74) is 1.17. The number of phenols is 1. The number of aromatic hydroxyl groups is 1. The molecule has 0 aromatic heterocycles. The number of phenolic OH excluding ortho intramolecular Hbond substituents is 1. The molecule has 0 saturated carbocycles. The summed E-state index contributed by atoms with van der Waals surface area (Å²) in [6.45, 7) is 2.36. The maximum atomic E-state index is 11.1. The number of nitrogens with one attached hydrogen (secondary N) is 1. The molecule has 2 N–H and O–H groups in total. The van der Waals surface area contributed by atoms with Gasteiger partial charge in [0.05, 0.1) is 0 Å². The predicted molar refractivity (Wildman–Crippen MR) is 72.9 cm³/mol. The van der Waals surface area contributed by atoms with Crippen molar-refractivity contribution in [2.24, 2.45) is 0 Å². The quantitative estimate of drug-likeness (QED) is 0.872. The van der Waals surface area contributed by atoms with E-state index in [0.717, 1.165) is 13.0 Å². The van der Waals surface area contributed by atoms with E-state index in [1.807, 2.05) is 23.7 Å². The first-order valence-corrected chi connectivity index (χ1v) is 6.72. The topological polar surface area (TPSA) is 52.6 Å². The minimum absolute atomic E-state index is 0.000356. The summed E-state index contributed by atoms with van der Waals surface area (Å²) >= 11 is 1.59. The van der Waals surface area contributed by atoms with Gasteiger partial charge in [0.25, 0.3) is 0 Å². The highest BCUT2D eigenvalue weighted by molar-refractivity contribution is 8.02. The summed E-state index contributed by atoms with van der Waals surface area (Å²) in [5.74, 6) is 0.261. The number of hydrogen-bond acceptors (Lipinski definition) is 4. The Bertz CT molecular complexity index is 445. The van der Waals surface area contributed by atoms with E-state index >= 15 is 0 Å². The molecule has 0 fully saturated rings. The second kappa shape index (κ2) is 5.82. The monoisotopic (exact) mass is 264 g/mol. The second-order valence-corrected chi connectivity index (χ2v) is 5.12. The lowest BCUT2D eigenvalue weighted by Crippen LogP contribution is -2.41. The molecule has 1 aliphatic heterocycles. The van der Waals surface area contributed by atoms with Gasteiger partial charge in [-0.05, 0) is 29.5 Å². The van der Waals surface area contributed by atoms with Gasteiger partial charge in [-0.1, -0.05) is 23.9 Å². The second-order valence-electron chi connectivity index (χ2n) is 4.13. The van der Waals surface area contributed by atoms with Crippen LogP contribution in [-0.2, 0) is 11.2 Å². The summed E-state index contributed by atoms with van der Waals surface area (Å²) in [5, 5.41) is 14.1. The molecule has 18 heavy (non-hydrogen) atoms. The van der Waals surface area contributed by atoms with E-state index in [9.17, 15) is 9.90 Å². The Morgan fingerprint density at radius 2 is 2.17 bits per heavy atom. The minimum Gasteiger partial charge on any atom is -0.508 e. The van der Waals surface area contributed by atoms with Crippen molar-refractivity contribution in [3.8, 4) is 5.75 Å². The molecular weight excluding hydrogens is 248 g/mol. The number of rotatable bonds is 4. The first-order chi connectivity index (χ1) is 8.65. The van der Waals surface area contributed by atoms with Crippen LogP contribution in [0.2, 0.25) is 0 Å². The van der Waals surface area contributed by atoms with Crippen LogP contribution in [0.5, 0.6) is 5.75 Å². The highest BCUT2D eigenvalue weighted by atomic mass is 32.2. The third-order valence-corrected chi connectivity index (χ3v) is 3.61. The SMILES string of the molecule is CC(=O)NC1SC=CN1CCc1ccc(O)cc1. The number of thioether (sulfide) groups is 1. The van der Waals surface area contributed by atoms with E-state index in [1.54, 1.807) is 23.9 Å². The zero-order valence-electron chi connectivity index (χ0n) is 10.2. The van der Waals surface area contributed by atoms with Gasteiger partial charge in [-0.3, -0.25) is 4.79 Å². The lowest BCUT2D eigenvalue weighted by atomic mass is 10.1. The zero-order chi connectivity index (χ0) is 13.0. The molecule has 96 valence electrons. The highest BCUT2D eigenvalue weighted by Gasteiger charge is 2.19. The Hall–Kier alpha value is -1.62. The summed E-state index contributed by atoms with van der Waals surface area (Å²) in [4.78, 5) is 13.1. The normalized spacial score (nSPS) is 18.1.